The minimum absolute atomic E-state index is 0. The number of fused-ring (bicyclic) bond motifs is 1. The Morgan fingerprint density at radius 2 is 1.82 bits per heavy atom. The molecule has 0 unspecified atom stereocenters. The minimum Gasteiger partial charge on any atom is -0.308 e. The summed E-state index contributed by atoms with van der Waals surface area (Å²) in [4.78, 5) is 21.4. The molecule has 8 heteroatoms. The molecule has 0 aliphatic heterocycles. The van der Waals surface area contributed by atoms with Gasteiger partial charge in [0.2, 0.25) is 5.91 Å². The lowest BCUT2D eigenvalue weighted by Gasteiger charge is -2.22. The van der Waals surface area contributed by atoms with Gasteiger partial charge in [0.1, 0.15) is 5.82 Å². The Hall–Kier alpha value is -1.73. The first-order valence-corrected chi connectivity index (χ1v) is 9.80. The number of amides is 1. The first-order valence-electron chi connectivity index (χ1n) is 8.60. The molecule has 0 saturated heterocycles. The molecular formula is C20H22Cl2FN3OS. The fraction of sp³-hybridized carbons (Fsp3) is 0.300. The maximum Gasteiger partial charge on any atom is 0.233 e. The van der Waals surface area contributed by atoms with Crippen molar-refractivity contribution in [1.82, 2.24) is 9.88 Å². The van der Waals surface area contributed by atoms with Gasteiger partial charge in [0, 0.05) is 18.1 Å². The van der Waals surface area contributed by atoms with Crippen LogP contribution >= 0.6 is 35.3 Å². The monoisotopic (exact) mass is 441 g/mol. The van der Waals surface area contributed by atoms with Crippen LogP contribution in [0.5, 0.6) is 0 Å². The molecule has 28 heavy (non-hydrogen) atoms. The first kappa shape index (κ1) is 22.6. The van der Waals surface area contributed by atoms with Crippen LogP contribution in [0.3, 0.4) is 0 Å². The van der Waals surface area contributed by atoms with Gasteiger partial charge in [-0.05, 0) is 56.4 Å². The molecule has 0 bridgehead atoms. The van der Waals surface area contributed by atoms with Crippen LogP contribution in [0.25, 0.3) is 10.2 Å². The third-order valence-electron chi connectivity index (χ3n) is 4.31. The van der Waals surface area contributed by atoms with Crippen molar-refractivity contribution in [2.75, 3.05) is 32.1 Å². The molecule has 3 aromatic rings. The summed E-state index contributed by atoms with van der Waals surface area (Å²) in [5.41, 5.74) is 2.51. The number of halogens is 3. The van der Waals surface area contributed by atoms with Crippen molar-refractivity contribution in [2.24, 2.45) is 0 Å². The standard InChI is InChI=1S/C20H21ClFN3OS.ClH/c1-13-16(21)8-9-17-19(13)23-20(27-17)25(11-10-24(2)3)18(26)12-14-4-6-15(22)7-5-14;/h4-9H,10-12H2,1-3H3;1H. The number of nitrogens with zero attached hydrogens (tertiary/aromatic N) is 3. The molecule has 0 aliphatic rings. The average Bonchev–Trinajstić information content (AvgIpc) is 3.05. The zero-order chi connectivity index (χ0) is 19.6. The lowest BCUT2D eigenvalue weighted by molar-refractivity contribution is -0.118. The van der Waals surface area contributed by atoms with E-state index in [0.29, 0.717) is 23.2 Å². The zero-order valence-electron chi connectivity index (χ0n) is 15.9. The molecule has 0 radical (unpaired) electrons. The van der Waals surface area contributed by atoms with Crippen molar-refractivity contribution in [3.63, 3.8) is 0 Å². The fourth-order valence-corrected chi connectivity index (χ4v) is 3.92. The van der Waals surface area contributed by atoms with Crippen LogP contribution < -0.4 is 4.90 Å². The third kappa shape index (κ3) is 5.20. The number of aromatic nitrogens is 1. The number of hydrogen-bond donors (Lipinski definition) is 0. The molecule has 0 spiro atoms. The van der Waals surface area contributed by atoms with E-state index in [4.69, 9.17) is 11.6 Å². The summed E-state index contributed by atoms with van der Waals surface area (Å²) in [6, 6.07) is 9.80. The Morgan fingerprint density at radius 3 is 2.46 bits per heavy atom. The zero-order valence-corrected chi connectivity index (χ0v) is 18.3. The van der Waals surface area contributed by atoms with E-state index < -0.39 is 0 Å². The Labute approximate surface area is 179 Å². The molecule has 1 amide bonds. The molecule has 0 fully saturated rings. The molecule has 0 atom stereocenters. The third-order valence-corrected chi connectivity index (χ3v) is 5.76. The Morgan fingerprint density at radius 1 is 1.14 bits per heavy atom. The predicted octanol–water partition coefficient (Wildman–Crippen LogP) is 4.96. The number of aryl methyl sites for hydroxylation is 1. The number of anilines is 1. The Balaban J connectivity index is 0.00000280. The van der Waals surface area contributed by atoms with E-state index in [1.54, 1.807) is 17.0 Å². The highest BCUT2D eigenvalue weighted by Crippen LogP contribution is 2.33. The number of carbonyl (C=O) groups excluding carboxylic acids is 1. The molecule has 4 nitrogen and oxygen atoms in total. The minimum atomic E-state index is -0.311. The summed E-state index contributed by atoms with van der Waals surface area (Å²) >= 11 is 7.69. The summed E-state index contributed by atoms with van der Waals surface area (Å²) in [6.07, 6.45) is 0.198. The number of thiazole rings is 1. The van der Waals surface area contributed by atoms with Gasteiger partial charge in [-0.25, -0.2) is 9.37 Å². The second-order valence-corrected chi connectivity index (χ2v) is 8.08. The maximum absolute atomic E-state index is 13.1. The summed E-state index contributed by atoms with van der Waals surface area (Å²) in [7, 11) is 3.93. The van der Waals surface area contributed by atoms with Gasteiger partial charge in [-0.1, -0.05) is 35.1 Å². The van der Waals surface area contributed by atoms with Crippen molar-refractivity contribution in [3.8, 4) is 0 Å². The highest BCUT2D eigenvalue weighted by Gasteiger charge is 2.21. The van der Waals surface area contributed by atoms with Crippen molar-refractivity contribution in [2.45, 2.75) is 13.3 Å². The molecule has 2 aromatic carbocycles. The number of carbonyl (C=O) groups is 1. The average molecular weight is 442 g/mol. The molecule has 3 rings (SSSR count). The van der Waals surface area contributed by atoms with E-state index in [9.17, 15) is 9.18 Å². The van der Waals surface area contributed by atoms with Gasteiger partial charge in [-0.15, -0.1) is 12.4 Å². The number of hydrogen-bond acceptors (Lipinski definition) is 4. The quantitative estimate of drug-likeness (QED) is 0.542. The summed E-state index contributed by atoms with van der Waals surface area (Å²) < 4.78 is 14.1. The van der Waals surface area contributed by atoms with Crippen LogP contribution in [0.2, 0.25) is 5.02 Å². The number of benzene rings is 2. The van der Waals surface area contributed by atoms with E-state index in [-0.39, 0.29) is 30.6 Å². The molecule has 1 heterocycles. The normalized spacial score (nSPS) is 10.9. The molecule has 150 valence electrons. The van der Waals surface area contributed by atoms with Crippen LogP contribution in [0.1, 0.15) is 11.1 Å². The number of rotatable bonds is 6. The van der Waals surface area contributed by atoms with Crippen LogP contribution in [0, 0.1) is 12.7 Å². The highest BCUT2D eigenvalue weighted by molar-refractivity contribution is 7.22. The molecule has 1 aromatic heterocycles. The van der Waals surface area contributed by atoms with Crippen LogP contribution in [0.15, 0.2) is 36.4 Å². The molecule has 0 N–H and O–H groups in total. The van der Waals surface area contributed by atoms with Crippen LogP contribution in [-0.4, -0.2) is 43.0 Å². The fourth-order valence-electron chi connectivity index (χ4n) is 2.70. The van der Waals surface area contributed by atoms with E-state index in [1.807, 2.05) is 38.1 Å². The maximum atomic E-state index is 13.1. The van der Waals surface area contributed by atoms with Crippen LogP contribution in [0.4, 0.5) is 9.52 Å². The summed E-state index contributed by atoms with van der Waals surface area (Å²) in [5.74, 6) is -0.375. The van der Waals surface area contributed by atoms with Gasteiger partial charge < -0.3 is 4.90 Å². The lowest BCUT2D eigenvalue weighted by Crippen LogP contribution is -2.37. The van der Waals surface area contributed by atoms with E-state index >= 15 is 0 Å². The van der Waals surface area contributed by atoms with Gasteiger partial charge >= 0.3 is 0 Å². The Bertz CT molecular complexity index is 960. The highest BCUT2D eigenvalue weighted by atomic mass is 35.5. The van der Waals surface area contributed by atoms with E-state index in [0.717, 1.165) is 21.3 Å². The van der Waals surface area contributed by atoms with Gasteiger partial charge in [-0.3, -0.25) is 9.69 Å². The second-order valence-electron chi connectivity index (χ2n) is 6.67. The summed E-state index contributed by atoms with van der Waals surface area (Å²) in [5, 5.41) is 1.32. The van der Waals surface area contributed by atoms with Gasteiger partial charge in [0.05, 0.1) is 16.6 Å². The van der Waals surface area contributed by atoms with Crippen molar-refractivity contribution in [3.05, 3.63) is 58.4 Å². The van der Waals surface area contributed by atoms with Crippen molar-refractivity contribution in [1.29, 1.82) is 0 Å². The lowest BCUT2D eigenvalue weighted by atomic mass is 10.1. The first-order chi connectivity index (χ1) is 12.8. The SMILES string of the molecule is Cc1c(Cl)ccc2sc(N(CCN(C)C)C(=O)Cc3ccc(F)cc3)nc12.Cl. The van der Waals surface area contributed by atoms with Crippen molar-refractivity contribution >= 4 is 56.6 Å². The molecule has 0 aliphatic carbocycles. The second kappa shape index (κ2) is 9.65. The largest absolute Gasteiger partial charge is 0.308 e. The van der Waals surface area contributed by atoms with E-state index in [1.165, 1.54) is 23.5 Å². The smallest absolute Gasteiger partial charge is 0.233 e. The van der Waals surface area contributed by atoms with Gasteiger partial charge in [0.15, 0.2) is 5.13 Å². The summed E-state index contributed by atoms with van der Waals surface area (Å²) in [6.45, 7) is 3.17. The molecular weight excluding hydrogens is 420 g/mol. The van der Waals surface area contributed by atoms with Gasteiger partial charge in [0.25, 0.3) is 0 Å². The number of likely N-dealkylation sites (N-methyl/N-ethyl adjacent to an activating group) is 1. The van der Waals surface area contributed by atoms with E-state index in [2.05, 4.69) is 4.98 Å². The van der Waals surface area contributed by atoms with Gasteiger partial charge in [-0.2, -0.15) is 0 Å². The Kier molecular flexibility index (Phi) is 7.78. The predicted molar refractivity (Wildman–Crippen MR) is 118 cm³/mol. The van der Waals surface area contributed by atoms with Crippen LogP contribution in [-0.2, 0) is 11.2 Å². The van der Waals surface area contributed by atoms with Crippen molar-refractivity contribution < 1.29 is 9.18 Å². The molecule has 0 saturated carbocycles. The topological polar surface area (TPSA) is 36.4 Å².